The molecular weight excluding hydrogens is 334 g/mol. The van der Waals surface area contributed by atoms with Gasteiger partial charge >= 0.3 is 6.09 Å². The fourth-order valence-electron chi connectivity index (χ4n) is 1.74. The SMILES string of the molecule is COC(=O)NC(=S)Nc1cc(S(=O)c2ccccc2)ccc1N. The quantitative estimate of drug-likeness (QED) is 0.582. The topological polar surface area (TPSA) is 93.5 Å². The number of methoxy groups -OCH3 is 1. The lowest BCUT2D eigenvalue weighted by atomic mass is 10.3. The summed E-state index contributed by atoms with van der Waals surface area (Å²) in [6.45, 7) is 0. The predicted molar refractivity (Wildman–Crippen MR) is 93.7 cm³/mol. The van der Waals surface area contributed by atoms with Gasteiger partial charge in [0.2, 0.25) is 0 Å². The van der Waals surface area contributed by atoms with E-state index in [2.05, 4.69) is 15.4 Å². The highest BCUT2D eigenvalue weighted by Crippen LogP contribution is 2.24. The Morgan fingerprint density at radius 2 is 1.87 bits per heavy atom. The molecule has 1 atom stereocenters. The Labute approximate surface area is 141 Å². The predicted octanol–water partition coefficient (Wildman–Crippen LogP) is 2.49. The fraction of sp³-hybridized carbons (Fsp3) is 0.0667. The second-order valence-electron chi connectivity index (χ2n) is 4.40. The van der Waals surface area contributed by atoms with Crippen molar-refractivity contribution in [2.24, 2.45) is 0 Å². The minimum atomic E-state index is -1.34. The van der Waals surface area contributed by atoms with E-state index < -0.39 is 16.9 Å². The zero-order valence-electron chi connectivity index (χ0n) is 12.2. The smallest absolute Gasteiger partial charge is 0.413 e. The summed E-state index contributed by atoms with van der Waals surface area (Å²) in [6, 6.07) is 14.0. The van der Waals surface area contributed by atoms with E-state index in [9.17, 15) is 9.00 Å². The number of carbonyl (C=O) groups excluding carboxylic acids is 1. The van der Waals surface area contributed by atoms with Crippen molar-refractivity contribution >= 4 is 45.6 Å². The molecule has 6 nitrogen and oxygen atoms in total. The van der Waals surface area contributed by atoms with E-state index in [1.807, 2.05) is 18.2 Å². The number of benzene rings is 2. The number of rotatable bonds is 3. The Morgan fingerprint density at radius 3 is 2.52 bits per heavy atom. The first-order chi connectivity index (χ1) is 11.0. The molecule has 0 heterocycles. The average Bonchev–Trinajstić information content (AvgIpc) is 2.56. The Hall–Kier alpha value is -2.45. The number of hydrogen-bond donors (Lipinski definition) is 3. The van der Waals surface area contributed by atoms with Crippen molar-refractivity contribution in [1.82, 2.24) is 5.32 Å². The molecule has 0 fully saturated rings. The second-order valence-corrected chi connectivity index (χ2v) is 6.29. The Balaban J connectivity index is 2.21. The van der Waals surface area contributed by atoms with E-state index in [4.69, 9.17) is 18.0 Å². The fourth-order valence-corrected chi connectivity index (χ4v) is 3.02. The molecule has 2 aromatic rings. The number of alkyl carbamates (subject to hydrolysis) is 1. The van der Waals surface area contributed by atoms with Gasteiger partial charge in [-0.1, -0.05) is 18.2 Å². The van der Waals surface area contributed by atoms with Crippen LogP contribution in [0.15, 0.2) is 58.3 Å². The molecule has 8 heteroatoms. The van der Waals surface area contributed by atoms with E-state index in [1.54, 1.807) is 30.3 Å². The van der Waals surface area contributed by atoms with Crippen molar-refractivity contribution in [3.05, 3.63) is 48.5 Å². The molecule has 0 bridgehead atoms. The summed E-state index contributed by atoms with van der Waals surface area (Å²) in [5, 5.41) is 5.13. The Kier molecular flexibility index (Phi) is 5.67. The normalized spacial score (nSPS) is 11.3. The van der Waals surface area contributed by atoms with Crippen LogP contribution in [0.2, 0.25) is 0 Å². The van der Waals surface area contributed by atoms with E-state index >= 15 is 0 Å². The molecule has 0 aliphatic carbocycles. The van der Waals surface area contributed by atoms with Crippen LogP contribution in [0.5, 0.6) is 0 Å². The third-order valence-corrected chi connectivity index (χ3v) is 4.43. The number of carbonyl (C=O) groups is 1. The molecule has 0 saturated heterocycles. The number of nitrogens with two attached hydrogens (primary N) is 1. The number of nitrogen functional groups attached to an aromatic ring is 1. The summed E-state index contributed by atoms with van der Waals surface area (Å²) in [4.78, 5) is 12.4. The number of amides is 1. The summed E-state index contributed by atoms with van der Waals surface area (Å²) in [5.41, 5.74) is 6.74. The first-order valence-corrected chi connectivity index (χ1v) is 8.09. The van der Waals surface area contributed by atoms with Crippen molar-refractivity contribution < 1.29 is 13.7 Å². The Morgan fingerprint density at radius 1 is 1.17 bits per heavy atom. The van der Waals surface area contributed by atoms with Crippen molar-refractivity contribution in [2.75, 3.05) is 18.2 Å². The third kappa shape index (κ3) is 4.51. The molecule has 23 heavy (non-hydrogen) atoms. The molecule has 0 radical (unpaired) electrons. The van der Waals surface area contributed by atoms with Crippen LogP contribution in [0, 0.1) is 0 Å². The largest absolute Gasteiger partial charge is 0.453 e. The van der Waals surface area contributed by atoms with E-state index in [0.29, 0.717) is 21.2 Å². The van der Waals surface area contributed by atoms with Crippen LogP contribution in [0.4, 0.5) is 16.2 Å². The van der Waals surface area contributed by atoms with Crippen molar-refractivity contribution in [3.8, 4) is 0 Å². The molecule has 4 N–H and O–H groups in total. The lowest BCUT2D eigenvalue weighted by molar-refractivity contribution is 0.177. The first kappa shape index (κ1) is 16.9. The second kappa shape index (κ2) is 7.70. The van der Waals surface area contributed by atoms with E-state index in [-0.39, 0.29) is 5.11 Å². The molecule has 0 aliphatic rings. The van der Waals surface area contributed by atoms with Gasteiger partial charge in [-0.15, -0.1) is 0 Å². The molecule has 120 valence electrons. The van der Waals surface area contributed by atoms with Gasteiger partial charge in [-0.3, -0.25) is 5.32 Å². The number of hydrogen-bond acceptors (Lipinski definition) is 5. The lowest BCUT2D eigenvalue weighted by Gasteiger charge is -2.12. The average molecular weight is 349 g/mol. The van der Waals surface area contributed by atoms with Gasteiger partial charge in [0.15, 0.2) is 5.11 Å². The molecule has 2 rings (SSSR count). The third-order valence-electron chi connectivity index (χ3n) is 2.85. The molecule has 0 aliphatic heterocycles. The number of thiocarbonyl (C=S) groups is 1. The molecule has 0 spiro atoms. The minimum absolute atomic E-state index is 0.0335. The van der Waals surface area contributed by atoms with Crippen LogP contribution in [-0.2, 0) is 15.5 Å². The van der Waals surface area contributed by atoms with Crippen molar-refractivity contribution in [2.45, 2.75) is 9.79 Å². The van der Waals surface area contributed by atoms with Crippen LogP contribution in [-0.4, -0.2) is 22.5 Å². The van der Waals surface area contributed by atoms with Crippen molar-refractivity contribution in [3.63, 3.8) is 0 Å². The summed E-state index contributed by atoms with van der Waals surface area (Å²) in [6.07, 6.45) is -0.690. The lowest BCUT2D eigenvalue weighted by Crippen LogP contribution is -2.34. The summed E-state index contributed by atoms with van der Waals surface area (Å²) in [5.74, 6) is 0. The monoisotopic (exact) mass is 349 g/mol. The van der Waals surface area contributed by atoms with E-state index in [0.717, 1.165) is 0 Å². The maximum Gasteiger partial charge on any atom is 0.413 e. The van der Waals surface area contributed by atoms with Crippen LogP contribution in [0.25, 0.3) is 0 Å². The van der Waals surface area contributed by atoms with Gasteiger partial charge in [0.1, 0.15) is 0 Å². The standard InChI is InChI=1S/C15H15N3O3S2/c1-21-15(19)18-14(22)17-13-9-11(7-8-12(13)16)23(20)10-5-3-2-4-6-10/h2-9H,16H2,1H3,(H2,17,18,19,22). The van der Waals surface area contributed by atoms with Crippen LogP contribution >= 0.6 is 12.2 Å². The van der Waals surface area contributed by atoms with E-state index in [1.165, 1.54) is 7.11 Å². The van der Waals surface area contributed by atoms with Gasteiger partial charge < -0.3 is 15.8 Å². The van der Waals surface area contributed by atoms with Gasteiger partial charge in [-0.25, -0.2) is 9.00 Å². The number of nitrogens with one attached hydrogen (secondary N) is 2. The Bertz CT molecular complexity index is 751. The van der Waals surface area contributed by atoms with Gasteiger partial charge in [-0.2, -0.15) is 0 Å². The first-order valence-electron chi connectivity index (χ1n) is 6.53. The van der Waals surface area contributed by atoms with Crippen LogP contribution in [0.3, 0.4) is 0 Å². The molecule has 2 aromatic carbocycles. The molecule has 1 unspecified atom stereocenters. The number of anilines is 2. The highest BCUT2D eigenvalue weighted by Gasteiger charge is 2.11. The maximum atomic E-state index is 12.5. The zero-order valence-corrected chi connectivity index (χ0v) is 13.9. The van der Waals surface area contributed by atoms with Crippen LogP contribution < -0.4 is 16.4 Å². The van der Waals surface area contributed by atoms with Crippen molar-refractivity contribution in [1.29, 1.82) is 0 Å². The zero-order chi connectivity index (χ0) is 16.8. The number of ether oxygens (including phenoxy) is 1. The minimum Gasteiger partial charge on any atom is -0.453 e. The summed E-state index contributed by atoms with van der Waals surface area (Å²) < 4.78 is 17.0. The highest BCUT2D eigenvalue weighted by molar-refractivity contribution is 7.85. The van der Waals surface area contributed by atoms with Gasteiger partial charge in [-0.05, 0) is 42.5 Å². The summed E-state index contributed by atoms with van der Waals surface area (Å²) in [7, 11) is -0.111. The van der Waals surface area contributed by atoms with Crippen LogP contribution in [0.1, 0.15) is 0 Å². The molecule has 1 amide bonds. The van der Waals surface area contributed by atoms with Gasteiger partial charge in [0, 0.05) is 9.79 Å². The molecule has 0 aromatic heterocycles. The highest BCUT2D eigenvalue weighted by atomic mass is 32.2. The van der Waals surface area contributed by atoms with Gasteiger partial charge in [0.25, 0.3) is 0 Å². The molecular formula is C15H15N3O3S2. The molecule has 0 saturated carbocycles. The summed E-state index contributed by atoms with van der Waals surface area (Å²) >= 11 is 4.99. The maximum absolute atomic E-state index is 12.5. The van der Waals surface area contributed by atoms with Gasteiger partial charge in [0.05, 0.1) is 29.3 Å².